The van der Waals surface area contributed by atoms with Gasteiger partial charge in [0.1, 0.15) is 19.8 Å². The maximum Gasteiger partial charge on any atom is 0.308 e. The van der Waals surface area contributed by atoms with Crippen molar-refractivity contribution in [2.24, 2.45) is 11.7 Å². The number of rotatable bonds is 23. The number of aldehydes is 3. The molecule has 2 unspecified atom stereocenters. The molecule has 0 saturated carbocycles. The minimum Gasteiger partial charge on any atom is -0.458 e. The van der Waals surface area contributed by atoms with Gasteiger partial charge in [0, 0.05) is 44.9 Å². The van der Waals surface area contributed by atoms with Gasteiger partial charge >= 0.3 is 17.9 Å². The van der Waals surface area contributed by atoms with Crippen LogP contribution >= 0.6 is 0 Å². The highest BCUT2D eigenvalue weighted by Crippen LogP contribution is 2.17. The van der Waals surface area contributed by atoms with Crippen LogP contribution in [0.2, 0.25) is 0 Å². The van der Waals surface area contributed by atoms with Gasteiger partial charge in [-0.3, -0.25) is 43.2 Å². The molecule has 0 aromatic rings. The smallest absolute Gasteiger partial charge is 0.308 e. The molecule has 16 nitrogen and oxygen atoms in total. The summed E-state index contributed by atoms with van der Waals surface area (Å²) in [5, 5.41) is 7.49. The highest BCUT2D eigenvalue weighted by molar-refractivity contribution is 5.80. The molecule has 0 aliphatic heterocycles. The zero-order valence-electron chi connectivity index (χ0n) is 22.1. The second-order valence-electron chi connectivity index (χ2n) is 8.22. The number of hydrogen-bond acceptors (Lipinski definition) is 13. The van der Waals surface area contributed by atoms with Gasteiger partial charge in [0.2, 0.25) is 17.7 Å². The quantitative estimate of drug-likeness (QED) is 0.0551. The summed E-state index contributed by atoms with van der Waals surface area (Å²) in [5.74, 6) is -4.13. The first-order valence-electron chi connectivity index (χ1n) is 12.5. The van der Waals surface area contributed by atoms with E-state index in [1.165, 1.54) is 0 Å². The molecule has 40 heavy (non-hydrogen) atoms. The van der Waals surface area contributed by atoms with Crippen molar-refractivity contribution in [3.8, 4) is 0 Å². The molecule has 0 rings (SSSR count). The van der Waals surface area contributed by atoms with Gasteiger partial charge < -0.3 is 35.9 Å². The average Bonchev–Trinajstić information content (AvgIpc) is 2.91. The molecule has 0 heterocycles. The number of nitrogens with two attached hydrogens (primary N) is 1. The van der Waals surface area contributed by atoms with E-state index in [2.05, 4.69) is 30.2 Å². The molecule has 0 aliphatic rings. The van der Waals surface area contributed by atoms with Crippen LogP contribution in [0.15, 0.2) is 0 Å². The largest absolute Gasteiger partial charge is 0.458 e. The summed E-state index contributed by atoms with van der Waals surface area (Å²) in [4.78, 5) is 102. The molecule has 224 valence electrons. The van der Waals surface area contributed by atoms with Crippen molar-refractivity contribution >= 4 is 54.5 Å². The molecule has 0 aromatic heterocycles. The molecule has 0 saturated heterocycles. The van der Waals surface area contributed by atoms with Crippen molar-refractivity contribution in [1.82, 2.24) is 16.0 Å². The zero-order chi connectivity index (χ0) is 30.2. The van der Waals surface area contributed by atoms with Crippen LogP contribution in [0, 0.1) is 5.92 Å². The normalized spacial score (nSPS) is 11.6. The summed E-state index contributed by atoms with van der Waals surface area (Å²) >= 11 is 0. The van der Waals surface area contributed by atoms with Crippen LogP contribution in [-0.4, -0.2) is 100.0 Å². The second kappa shape index (κ2) is 22.7. The van der Waals surface area contributed by atoms with Gasteiger partial charge in [0.15, 0.2) is 18.9 Å². The lowest BCUT2D eigenvalue weighted by Crippen LogP contribution is -2.40. The molecule has 0 aliphatic carbocycles. The summed E-state index contributed by atoms with van der Waals surface area (Å²) < 4.78 is 13.7. The Kier molecular flexibility index (Phi) is 20.4. The second-order valence-corrected chi connectivity index (χ2v) is 8.22. The molecular formula is C24H36N4O12. The van der Waals surface area contributed by atoms with Crippen LogP contribution in [0.1, 0.15) is 44.9 Å². The van der Waals surface area contributed by atoms with E-state index in [4.69, 9.17) is 5.73 Å². The van der Waals surface area contributed by atoms with Crippen molar-refractivity contribution in [2.45, 2.75) is 51.0 Å². The minimum absolute atomic E-state index is 0.0361. The SMILES string of the molecule is NC(CC(=O)NCCC(=O)OCC=O)C(CCC(=O)NCCC(=O)OCC=O)CC(=O)NCCC(=O)OCC=O. The van der Waals surface area contributed by atoms with Crippen molar-refractivity contribution in [1.29, 1.82) is 0 Å². The fourth-order valence-electron chi connectivity index (χ4n) is 3.14. The summed E-state index contributed by atoms with van der Waals surface area (Å²) in [5.41, 5.74) is 6.17. The van der Waals surface area contributed by atoms with E-state index in [-0.39, 0.29) is 77.8 Å². The van der Waals surface area contributed by atoms with Gasteiger partial charge in [-0.05, 0) is 12.3 Å². The molecule has 0 spiro atoms. The van der Waals surface area contributed by atoms with Crippen LogP contribution in [-0.2, 0) is 57.4 Å². The molecule has 0 bridgehead atoms. The average molecular weight is 573 g/mol. The predicted octanol–water partition coefficient (Wildman–Crippen LogP) is -2.76. The third kappa shape index (κ3) is 19.8. The van der Waals surface area contributed by atoms with Crippen LogP contribution < -0.4 is 21.7 Å². The third-order valence-electron chi connectivity index (χ3n) is 5.11. The summed E-state index contributed by atoms with van der Waals surface area (Å²) in [6, 6.07) is -0.864. The standard InChI is InChI=1S/C24H36N4O12/c25-18(16-21(34)28-8-5-24(37)40-14-11-31)17(15-20(33)27-7-4-23(36)39-13-10-30)1-2-19(32)26-6-3-22(35)38-12-9-29/h9-11,17-18H,1-8,12-16,25H2,(H,26,32)(H,27,33)(H,28,34). The molecule has 0 fully saturated rings. The topological polar surface area (TPSA) is 243 Å². The van der Waals surface area contributed by atoms with Gasteiger partial charge in [0.05, 0.1) is 19.3 Å². The molecule has 0 aromatic carbocycles. The molecule has 0 radical (unpaired) electrons. The summed E-state index contributed by atoms with van der Waals surface area (Å²) in [7, 11) is 0. The van der Waals surface area contributed by atoms with Gasteiger partial charge in [0.25, 0.3) is 0 Å². The number of nitrogens with one attached hydrogen (secondary N) is 3. The highest BCUT2D eigenvalue weighted by atomic mass is 16.5. The van der Waals surface area contributed by atoms with Gasteiger partial charge in [-0.2, -0.15) is 0 Å². The fourth-order valence-corrected chi connectivity index (χ4v) is 3.14. The van der Waals surface area contributed by atoms with E-state index in [9.17, 15) is 43.2 Å². The monoisotopic (exact) mass is 572 g/mol. The molecule has 2 atom stereocenters. The van der Waals surface area contributed by atoms with Crippen molar-refractivity contribution in [3.63, 3.8) is 0 Å². The van der Waals surface area contributed by atoms with Crippen molar-refractivity contribution in [3.05, 3.63) is 0 Å². The Balaban J connectivity index is 4.85. The molecular weight excluding hydrogens is 536 g/mol. The van der Waals surface area contributed by atoms with E-state index in [0.29, 0.717) is 18.9 Å². The Labute approximate surface area is 230 Å². The Hall–Kier alpha value is -4.21. The van der Waals surface area contributed by atoms with Crippen LogP contribution in [0.25, 0.3) is 0 Å². The van der Waals surface area contributed by atoms with Gasteiger partial charge in [-0.15, -0.1) is 0 Å². The molecule has 16 heteroatoms. The first-order chi connectivity index (χ1) is 19.1. The number of esters is 3. The van der Waals surface area contributed by atoms with E-state index >= 15 is 0 Å². The zero-order valence-corrected chi connectivity index (χ0v) is 22.1. The van der Waals surface area contributed by atoms with E-state index in [1.807, 2.05) is 0 Å². The lowest BCUT2D eigenvalue weighted by molar-refractivity contribution is -0.146. The fraction of sp³-hybridized carbons (Fsp3) is 0.625. The van der Waals surface area contributed by atoms with Crippen LogP contribution in [0.5, 0.6) is 0 Å². The van der Waals surface area contributed by atoms with E-state index in [0.717, 1.165) is 0 Å². The number of carbonyl (C=O) groups is 9. The van der Waals surface area contributed by atoms with Gasteiger partial charge in [-0.1, -0.05) is 0 Å². The Morgan fingerprint density at radius 2 is 0.950 bits per heavy atom. The Bertz CT molecular complexity index is 880. The first-order valence-corrected chi connectivity index (χ1v) is 12.5. The van der Waals surface area contributed by atoms with Crippen LogP contribution in [0.4, 0.5) is 0 Å². The minimum atomic E-state index is -0.864. The van der Waals surface area contributed by atoms with Crippen LogP contribution in [0.3, 0.4) is 0 Å². The van der Waals surface area contributed by atoms with E-state index in [1.54, 1.807) is 0 Å². The maximum atomic E-state index is 12.4. The first kappa shape index (κ1) is 35.8. The molecule has 5 N–H and O–H groups in total. The van der Waals surface area contributed by atoms with E-state index < -0.39 is 54.2 Å². The summed E-state index contributed by atoms with van der Waals surface area (Å²) in [6.45, 7) is -1.34. The summed E-state index contributed by atoms with van der Waals surface area (Å²) in [6.07, 6.45) is 0.348. The lowest BCUT2D eigenvalue weighted by atomic mass is 9.89. The Morgan fingerprint density at radius 3 is 1.35 bits per heavy atom. The van der Waals surface area contributed by atoms with Crippen molar-refractivity contribution < 1.29 is 57.4 Å². The lowest BCUT2D eigenvalue weighted by Gasteiger charge is -2.23. The van der Waals surface area contributed by atoms with Crippen molar-refractivity contribution in [2.75, 3.05) is 39.5 Å². The Morgan fingerprint density at radius 1 is 0.575 bits per heavy atom. The highest BCUT2D eigenvalue weighted by Gasteiger charge is 2.24. The molecule has 3 amide bonds. The third-order valence-corrected chi connectivity index (χ3v) is 5.11. The maximum absolute atomic E-state index is 12.4. The number of ether oxygens (including phenoxy) is 3. The predicted molar refractivity (Wildman–Crippen MR) is 134 cm³/mol. The number of hydrogen-bond donors (Lipinski definition) is 4. The number of carbonyl (C=O) groups excluding carboxylic acids is 9. The number of amides is 3. The van der Waals surface area contributed by atoms with Gasteiger partial charge in [-0.25, -0.2) is 0 Å².